The number of Topliss-reactive ketones (excluding diaryl/α,β-unsaturated/α-hetero) is 1. The minimum atomic E-state index is -0.731. The van der Waals surface area contributed by atoms with Gasteiger partial charge in [0.1, 0.15) is 11.6 Å². The molecule has 2 N–H and O–H groups in total. The van der Waals surface area contributed by atoms with Gasteiger partial charge in [0, 0.05) is 19.5 Å². The van der Waals surface area contributed by atoms with Gasteiger partial charge in [-0.25, -0.2) is 4.79 Å². The summed E-state index contributed by atoms with van der Waals surface area (Å²) >= 11 is 0. The summed E-state index contributed by atoms with van der Waals surface area (Å²) in [6.07, 6.45) is 9.85. The summed E-state index contributed by atoms with van der Waals surface area (Å²) in [7, 11) is 0. The second kappa shape index (κ2) is 11.8. The van der Waals surface area contributed by atoms with E-state index in [0.717, 1.165) is 32.1 Å². The quantitative estimate of drug-likeness (QED) is 0.562. The van der Waals surface area contributed by atoms with E-state index in [1.807, 2.05) is 13.8 Å². The van der Waals surface area contributed by atoms with E-state index < -0.39 is 29.2 Å². The van der Waals surface area contributed by atoms with Crippen LogP contribution < -0.4 is 10.6 Å². The van der Waals surface area contributed by atoms with E-state index in [9.17, 15) is 19.2 Å². The van der Waals surface area contributed by atoms with Crippen LogP contribution in [0.25, 0.3) is 0 Å². The van der Waals surface area contributed by atoms with Crippen molar-refractivity contribution in [2.45, 2.75) is 110 Å². The van der Waals surface area contributed by atoms with Gasteiger partial charge < -0.3 is 20.3 Å². The van der Waals surface area contributed by atoms with E-state index >= 15 is 0 Å². The molecule has 0 aromatic rings. The van der Waals surface area contributed by atoms with Gasteiger partial charge in [0.25, 0.3) is 0 Å². The van der Waals surface area contributed by atoms with Crippen molar-refractivity contribution >= 4 is 23.7 Å². The number of ether oxygens (including phenoxy) is 1. The zero-order chi connectivity index (χ0) is 26.5. The van der Waals surface area contributed by atoms with E-state index in [1.165, 1.54) is 0 Å². The lowest BCUT2D eigenvalue weighted by atomic mass is 9.91. The SMILES string of the molecule is CC(C)CNC(=O)[C@]12CC(=O)[C@@H]3CCCN3C(=O)[C@@H](NC(=O)OC(C)(C)C)CCCCC/C=C\[C@@H]1C2. The first-order valence-corrected chi connectivity index (χ1v) is 13.7. The van der Waals surface area contributed by atoms with E-state index in [4.69, 9.17) is 4.74 Å². The lowest BCUT2D eigenvalue weighted by molar-refractivity contribution is -0.140. The molecule has 3 amide bonds. The van der Waals surface area contributed by atoms with Gasteiger partial charge in [-0.3, -0.25) is 14.4 Å². The molecule has 2 heterocycles. The molecule has 0 radical (unpaired) electrons. The minimum Gasteiger partial charge on any atom is -0.444 e. The van der Waals surface area contributed by atoms with Gasteiger partial charge in [0.2, 0.25) is 11.8 Å². The largest absolute Gasteiger partial charge is 0.444 e. The molecule has 2 aliphatic heterocycles. The van der Waals surface area contributed by atoms with Gasteiger partial charge in [0.15, 0.2) is 5.78 Å². The third-order valence-electron chi connectivity index (χ3n) is 7.38. The van der Waals surface area contributed by atoms with Crippen molar-refractivity contribution in [3.05, 3.63) is 12.2 Å². The second-order valence-electron chi connectivity index (χ2n) is 12.2. The van der Waals surface area contributed by atoms with Crippen LogP contribution in [0.4, 0.5) is 4.79 Å². The highest BCUT2D eigenvalue weighted by atomic mass is 16.6. The molecule has 1 saturated heterocycles. The summed E-state index contributed by atoms with van der Waals surface area (Å²) in [5.74, 6) is 0.0563. The summed E-state index contributed by atoms with van der Waals surface area (Å²) in [6.45, 7) is 10.5. The molecule has 3 aliphatic rings. The second-order valence-corrected chi connectivity index (χ2v) is 12.2. The van der Waals surface area contributed by atoms with Crippen LogP contribution >= 0.6 is 0 Å². The Bertz CT molecular complexity index is 862. The van der Waals surface area contributed by atoms with E-state index in [1.54, 1.807) is 25.7 Å². The fourth-order valence-corrected chi connectivity index (χ4v) is 5.35. The molecule has 3 rings (SSSR count). The molecule has 202 valence electrons. The third kappa shape index (κ3) is 7.32. The summed E-state index contributed by atoms with van der Waals surface area (Å²) in [6, 6.07) is -1.28. The van der Waals surface area contributed by atoms with Gasteiger partial charge in [-0.05, 0) is 71.1 Å². The van der Waals surface area contributed by atoms with Crippen LogP contribution in [-0.4, -0.2) is 59.4 Å². The maximum absolute atomic E-state index is 13.6. The molecule has 36 heavy (non-hydrogen) atoms. The highest BCUT2D eigenvalue weighted by Crippen LogP contribution is 2.57. The van der Waals surface area contributed by atoms with Gasteiger partial charge in [-0.15, -0.1) is 0 Å². The van der Waals surface area contributed by atoms with Gasteiger partial charge >= 0.3 is 6.09 Å². The van der Waals surface area contributed by atoms with Crippen LogP contribution in [0.3, 0.4) is 0 Å². The van der Waals surface area contributed by atoms with Crippen LogP contribution in [0.1, 0.15) is 92.4 Å². The highest BCUT2D eigenvalue weighted by molar-refractivity contribution is 5.97. The molecule has 8 nitrogen and oxygen atoms in total. The van der Waals surface area contributed by atoms with E-state index in [-0.39, 0.29) is 29.9 Å². The predicted molar refractivity (Wildman–Crippen MR) is 138 cm³/mol. The number of nitrogens with one attached hydrogen (secondary N) is 2. The first-order valence-electron chi connectivity index (χ1n) is 13.7. The van der Waals surface area contributed by atoms with Gasteiger partial charge in [0.05, 0.1) is 11.5 Å². The number of nitrogens with zero attached hydrogens (tertiary/aromatic N) is 1. The molecule has 8 heteroatoms. The molecule has 0 unspecified atom stereocenters. The topological polar surface area (TPSA) is 105 Å². The third-order valence-corrected chi connectivity index (χ3v) is 7.38. The number of ketones is 1. The zero-order valence-electron chi connectivity index (χ0n) is 22.7. The first kappa shape index (κ1) is 28.2. The molecule has 0 bridgehead atoms. The molecular weight excluding hydrogens is 458 g/mol. The number of amides is 3. The monoisotopic (exact) mass is 503 g/mol. The van der Waals surface area contributed by atoms with Crippen LogP contribution in [0, 0.1) is 17.3 Å². The number of carbonyl (C=O) groups excluding carboxylic acids is 4. The molecule has 0 spiro atoms. The standard InChI is InChI=1S/C28H45N3O5/c1-19(2)18-29-25(34)28-16-20(28)12-9-7-6-8-10-13-21(30-26(35)36-27(3,4)5)24(33)31-15-11-14-22(31)23(32)17-28/h9,12,19-22H,6-8,10-11,13-18H2,1-5H3,(H,29,34)(H,30,35)/b12-9-/t20-,21+,22+,28-/m1/s1. The summed E-state index contributed by atoms with van der Waals surface area (Å²) in [5.41, 5.74) is -1.38. The van der Waals surface area contributed by atoms with E-state index in [2.05, 4.69) is 22.8 Å². The fourth-order valence-electron chi connectivity index (χ4n) is 5.35. The minimum absolute atomic E-state index is 0.0520. The van der Waals surface area contributed by atoms with Gasteiger partial charge in [-0.2, -0.15) is 0 Å². The lowest BCUT2D eigenvalue weighted by Gasteiger charge is -2.30. The Labute approximate surface area is 216 Å². The Kier molecular flexibility index (Phi) is 9.23. The first-order chi connectivity index (χ1) is 16.9. The molecule has 2 fully saturated rings. The number of fused-ring (bicyclic) bond motifs is 2. The molecule has 1 saturated carbocycles. The summed E-state index contributed by atoms with van der Waals surface area (Å²) in [5, 5.41) is 5.82. The van der Waals surface area contributed by atoms with Crippen LogP contribution in [-0.2, 0) is 19.1 Å². The van der Waals surface area contributed by atoms with Crippen molar-refractivity contribution in [1.29, 1.82) is 0 Å². The number of hydrogen-bond acceptors (Lipinski definition) is 5. The highest BCUT2D eigenvalue weighted by Gasteiger charge is 2.60. The summed E-state index contributed by atoms with van der Waals surface area (Å²) in [4.78, 5) is 54.5. The van der Waals surface area contributed by atoms with Crippen molar-refractivity contribution in [1.82, 2.24) is 15.5 Å². The summed E-state index contributed by atoms with van der Waals surface area (Å²) < 4.78 is 5.40. The van der Waals surface area contributed by atoms with Crippen molar-refractivity contribution < 1.29 is 23.9 Å². The van der Waals surface area contributed by atoms with Crippen LogP contribution in [0.5, 0.6) is 0 Å². The molecule has 0 aromatic heterocycles. The molecule has 0 aromatic carbocycles. The van der Waals surface area contributed by atoms with Crippen molar-refractivity contribution in [3.8, 4) is 0 Å². The maximum Gasteiger partial charge on any atom is 0.408 e. The van der Waals surface area contributed by atoms with Crippen molar-refractivity contribution in [3.63, 3.8) is 0 Å². The Morgan fingerprint density at radius 3 is 2.58 bits per heavy atom. The number of hydrogen-bond donors (Lipinski definition) is 2. The van der Waals surface area contributed by atoms with Crippen LogP contribution in [0.15, 0.2) is 12.2 Å². The number of rotatable bonds is 4. The lowest BCUT2D eigenvalue weighted by Crippen LogP contribution is -2.52. The molecular formula is C28H45N3O5. The smallest absolute Gasteiger partial charge is 0.408 e. The zero-order valence-corrected chi connectivity index (χ0v) is 22.7. The fraction of sp³-hybridized carbons (Fsp3) is 0.786. The number of allylic oxidation sites excluding steroid dienone is 2. The van der Waals surface area contributed by atoms with Crippen LogP contribution in [0.2, 0.25) is 0 Å². The Morgan fingerprint density at radius 2 is 1.89 bits per heavy atom. The van der Waals surface area contributed by atoms with E-state index in [0.29, 0.717) is 38.3 Å². The Morgan fingerprint density at radius 1 is 1.14 bits per heavy atom. The Balaban J connectivity index is 1.80. The molecule has 1 aliphatic carbocycles. The normalized spacial score (nSPS) is 30.5. The maximum atomic E-state index is 13.6. The van der Waals surface area contributed by atoms with Gasteiger partial charge in [-0.1, -0.05) is 38.8 Å². The average molecular weight is 504 g/mol. The Hall–Kier alpha value is -2.38. The molecule has 4 atom stereocenters. The van der Waals surface area contributed by atoms with Crippen molar-refractivity contribution in [2.75, 3.05) is 13.1 Å². The van der Waals surface area contributed by atoms with Crippen molar-refractivity contribution in [2.24, 2.45) is 17.3 Å². The average Bonchev–Trinajstić information content (AvgIpc) is 3.24. The number of carbonyl (C=O) groups is 4. The predicted octanol–water partition coefficient (Wildman–Crippen LogP) is 4.13. The number of alkyl carbamates (subject to hydrolysis) is 1.